The number of rotatable bonds is 0. The minimum Gasteiger partial charge on any atom is -0.368 e. The molecule has 0 spiro atoms. The second-order valence-corrected chi connectivity index (χ2v) is 4.90. The van der Waals surface area contributed by atoms with Gasteiger partial charge in [0.15, 0.2) is 0 Å². The van der Waals surface area contributed by atoms with Crippen molar-refractivity contribution >= 4 is 11.8 Å². The molecule has 0 aromatic heterocycles. The van der Waals surface area contributed by atoms with Crippen molar-refractivity contribution in [1.29, 1.82) is 10.5 Å². The smallest absolute Gasteiger partial charge is 0.232 e. The molecule has 6 heteroatoms. The number of likely N-dealkylation sites (N-methyl/N-ethyl adjacent to an activating group) is 1. The fourth-order valence-electron chi connectivity index (χ4n) is 3.35. The third-order valence-electron chi connectivity index (χ3n) is 4.13. The molecule has 2 saturated heterocycles. The lowest BCUT2D eigenvalue weighted by molar-refractivity contribution is -0.126. The molecule has 0 aromatic carbocycles. The van der Waals surface area contributed by atoms with Crippen LogP contribution in [0.4, 0.5) is 0 Å². The van der Waals surface area contributed by atoms with E-state index in [1.54, 1.807) is 11.9 Å². The molecule has 4 rings (SSSR count). The molecule has 1 N–H and O–H groups in total. The van der Waals surface area contributed by atoms with Crippen molar-refractivity contribution in [3.63, 3.8) is 0 Å². The number of imide groups is 1. The van der Waals surface area contributed by atoms with Crippen LogP contribution in [-0.4, -0.2) is 29.8 Å². The molecular weight excluding hydrogens is 244 g/mol. The summed E-state index contributed by atoms with van der Waals surface area (Å²) in [4.78, 5) is 25.5. The van der Waals surface area contributed by atoms with Gasteiger partial charge in [-0.25, -0.2) is 0 Å². The van der Waals surface area contributed by atoms with Gasteiger partial charge >= 0.3 is 0 Å². The Morgan fingerprint density at radius 2 is 1.84 bits per heavy atom. The summed E-state index contributed by atoms with van der Waals surface area (Å²) in [6.45, 7) is 0. The molecule has 0 radical (unpaired) electrons. The predicted molar refractivity (Wildman–Crippen MR) is 62.6 cm³/mol. The molecule has 6 nitrogen and oxygen atoms in total. The molecule has 0 aromatic rings. The number of nitrogens with one attached hydrogen (secondary N) is 1. The zero-order valence-corrected chi connectivity index (χ0v) is 10.1. The Morgan fingerprint density at radius 3 is 2.47 bits per heavy atom. The van der Waals surface area contributed by atoms with Gasteiger partial charge < -0.3 is 4.90 Å². The van der Waals surface area contributed by atoms with E-state index in [-0.39, 0.29) is 29.3 Å². The maximum absolute atomic E-state index is 11.9. The summed E-state index contributed by atoms with van der Waals surface area (Å²) in [6, 6.07) is 3.47. The Bertz CT molecular complexity index is 618. The number of nitrogens with zero attached hydrogens (tertiary/aromatic N) is 3. The minimum atomic E-state index is -0.495. The highest BCUT2D eigenvalue weighted by Crippen LogP contribution is 2.47. The van der Waals surface area contributed by atoms with E-state index in [1.807, 2.05) is 24.3 Å². The van der Waals surface area contributed by atoms with E-state index in [0.29, 0.717) is 5.70 Å². The van der Waals surface area contributed by atoms with Gasteiger partial charge in [0.1, 0.15) is 17.7 Å². The van der Waals surface area contributed by atoms with Gasteiger partial charge in [0.05, 0.1) is 23.6 Å². The van der Waals surface area contributed by atoms with E-state index in [1.165, 1.54) is 0 Å². The molecule has 1 aliphatic carbocycles. The average molecular weight is 254 g/mol. The van der Waals surface area contributed by atoms with E-state index in [0.717, 1.165) is 0 Å². The Balaban J connectivity index is 2.18. The Kier molecular flexibility index (Phi) is 2.23. The van der Waals surface area contributed by atoms with Gasteiger partial charge in [0.2, 0.25) is 11.8 Å². The lowest BCUT2D eigenvalue weighted by Crippen LogP contribution is -2.53. The lowest BCUT2D eigenvalue weighted by atomic mass is 9.68. The van der Waals surface area contributed by atoms with Crippen LogP contribution < -0.4 is 5.32 Å². The number of amides is 2. The van der Waals surface area contributed by atoms with Crippen molar-refractivity contribution in [3.05, 3.63) is 23.4 Å². The van der Waals surface area contributed by atoms with Gasteiger partial charge in [-0.2, -0.15) is 10.5 Å². The summed E-state index contributed by atoms with van der Waals surface area (Å²) in [5, 5.41) is 20.4. The molecule has 94 valence electrons. The van der Waals surface area contributed by atoms with E-state index in [2.05, 4.69) is 5.32 Å². The second kappa shape index (κ2) is 3.69. The first-order valence-electron chi connectivity index (χ1n) is 5.90. The van der Waals surface area contributed by atoms with E-state index in [4.69, 9.17) is 10.5 Å². The molecule has 2 fully saturated rings. The Morgan fingerprint density at radius 1 is 1.21 bits per heavy atom. The van der Waals surface area contributed by atoms with Crippen LogP contribution in [0.3, 0.4) is 0 Å². The molecule has 4 atom stereocenters. The highest BCUT2D eigenvalue weighted by molar-refractivity contribution is 6.06. The number of fused-ring (bicyclic) bond motifs is 1. The summed E-state index contributed by atoms with van der Waals surface area (Å²) < 4.78 is 0. The lowest BCUT2D eigenvalue weighted by Gasteiger charge is -2.47. The van der Waals surface area contributed by atoms with Crippen LogP contribution in [0.5, 0.6) is 0 Å². The van der Waals surface area contributed by atoms with Crippen LogP contribution in [0.25, 0.3) is 0 Å². The third-order valence-corrected chi connectivity index (χ3v) is 4.13. The number of carbonyl (C=O) groups excluding carboxylic acids is 2. The zero-order valence-electron chi connectivity index (χ0n) is 10.1. The van der Waals surface area contributed by atoms with Gasteiger partial charge in [-0.15, -0.1) is 0 Å². The van der Waals surface area contributed by atoms with Crippen LogP contribution in [-0.2, 0) is 9.59 Å². The molecule has 3 aliphatic heterocycles. The van der Waals surface area contributed by atoms with Gasteiger partial charge in [-0.1, -0.05) is 12.2 Å². The number of hydrogen-bond donors (Lipinski definition) is 1. The quantitative estimate of drug-likeness (QED) is 0.363. The highest BCUT2D eigenvalue weighted by Gasteiger charge is 2.57. The van der Waals surface area contributed by atoms with Crippen LogP contribution in [0.1, 0.15) is 0 Å². The number of hydrogen-bond acceptors (Lipinski definition) is 5. The normalized spacial score (nSPS) is 34.7. The molecule has 2 bridgehead atoms. The number of nitriles is 2. The van der Waals surface area contributed by atoms with Crippen molar-refractivity contribution < 1.29 is 9.59 Å². The minimum absolute atomic E-state index is 0.00690. The van der Waals surface area contributed by atoms with Crippen molar-refractivity contribution in [2.24, 2.45) is 17.8 Å². The molecule has 3 heterocycles. The van der Waals surface area contributed by atoms with Gasteiger partial charge in [0, 0.05) is 13.0 Å². The largest absolute Gasteiger partial charge is 0.368 e. The number of allylic oxidation sites excluding steroid dienone is 2. The number of carbonyl (C=O) groups is 2. The first-order chi connectivity index (χ1) is 9.10. The van der Waals surface area contributed by atoms with Crippen LogP contribution in [0.2, 0.25) is 0 Å². The summed E-state index contributed by atoms with van der Waals surface area (Å²) in [5.74, 6) is -1.87. The van der Waals surface area contributed by atoms with Crippen molar-refractivity contribution in [2.75, 3.05) is 7.05 Å². The topological polar surface area (TPSA) is 97.0 Å². The monoisotopic (exact) mass is 254 g/mol. The number of piperidine rings is 1. The molecule has 0 saturated carbocycles. The third kappa shape index (κ3) is 1.28. The van der Waals surface area contributed by atoms with Gasteiger partial charge in [0.25, 0.3) is 0 Å². The first kappa shape index (κ1) is 11.5. The summed E-state index contributed by atoms with van der Waals surface area (Å²) in [6.07, 6.45) is 3.70. The van der Waals surface area contributed by atoms with Gasteiger partial charge in [-0.05, 0) is 0 Å². The highest BCUT2D eigenvalue weighted by atomic mass is 16.2. The average Bonchev–Trinajstić information content (AvgIpc) is 2.71. The van der Waals surface area contributed by atoms with E-state index < -0.39 is 11.8 Å². The molecular formula is C13H10N4O2. The van der Waals surface area contributed by atoms with Crippen molar-refractivity contribution in [1.82, 2.24) is 10.2 Å². The van der Waals surface area contributed by atoms with Gasteiger partial charge in [-0.3, -0.25) is 14.9 Å². The van der Waals surface area contributed by atoms with E-state index >= 15 is 0 Å². The maximum atomic E-state index is 11.9. The Labute approximate surface area is 109 Å². The van der Waals surface area contributed by atoms with Crippen molar-refractivity contribution in [2.45, 2.75) is 6.04 Å². The molecule has 19 heavy (non-hydrogen) atoms. The Hall–Kier alpha value is -2.60. The first-order valence-corrected chi connectivity index (χ1v) is 5.90. The fourth-order valence-corrected chi connectivity index (χ4v) is 3.35. The summed E-state index contributed by atoms with van der Waals surface area (Å²) >= 11 is 0. The second-order valence-electron chi connectivity index (χ2n) is 4.90. The molecule has 2 amide bonds. The summed E-state index contributed by atoms with van der Waals surface area (Å²) in [5.41, 5.74) is 0.552. The SMILES string of the molecule is CN1C(=C(C#N)C#N)[C@@H]2C=C[C@H]1[C@H]1C(=O)NC(=O)[C@H]12. The molecule has 0 unspecified atom stereocenters. The van der Waals surface area contributed by atoms with Crippen LogP contribution in [0.15, 0.2) is 23.4 Å². The zero-order chi connectivity index (χ0) is 13.7. The standard InChI is InChI=1S/C13H10N4O2/c1-17-8-3-2-7(11(17)6(4-14)5-15)9-10(8)13(19)16-12(9)18/h2-3,7-10H,1H3,(H,16,18,19)/t7-,8+,9+,10-/m1/s1. The maximum Gasteiger partial charge on any atom is 0.232 e. The van der Waals surface area contributed by atoms with Crippen LogP contribution >= 0.6 is 0 Å². The van der Waals surface area contributed by atoms with Crippen LogP contribution in [0, 0.1) is 40.4 Å². The molecule has 4 aliphatic rings. The van der Waals surface area contributed by atoms with Crippen molar-refractivity contribution in [3.8, 4) is 12.1 Å². The summed E-state index contributed by atoms with van der Waals surface area (Å²) in [7, 11) is 1.75. The predicted octanol–water partition coefficient (Wildman–Crippen LogP) is -0.324. The fraction of sp³-hybridized carbons (Fsp3) is 0.385. The van der Waals surface area contributed by atoms with E-state index in [9.17, 15) is 9.59 Å².